The van der Waals surface area contributed by atoms with Crippen LogP contribution in [0.4, 0.5) is 5.69 Å². The highest BCUT2D eigenvalue weighted by molar-refractivity contribution is 5.91. The van der Waals surface area contributed by atoms with E-state index >= 15 is 0 Å². The van der Waals surface area contributed by atoms with Crippen molar-refractivity contribution >= 4 is 11.6 Å². The monoisotopic (exact) mass is 407 g/mol. The zero-order valence-electron chi connectivity index (χ0n) is 15.9. The van der Waals surface area contributed by atoms with Gasteiger partial charge in [-0.05, 0) is 48.5 Å². The summed E-state index contributed by atoms with van der Waals surface area (Å²) in [5, 5.41) is 10.4. The molecule has 1 amide bonds. The molecule has 0 aliphatic heterocycles. The molecule has 10 nitrogen and oxygen atoms in total. The van der Waals surface area contributed by atoms with E-state index in [2.05, 4.69) is 25.1 Å². The summed E-state index contributed by atoms with van der Waals surface area (Å²) in [6.07, 6.45) is 3.37. The first-order chi connectivity index (χ1) is 14.5. The third-order valence-corrected chi connectivity index (χ3v) is 3.99. The molecule has 0 saturated carbocycles. The van der Waals surface area contributed by atoms with Crippen LogP contribution in [0.1, 0.15) is 0 Å². The van der Waals surface area contributed by atoms with Gasteiger partial charge in [0.1, 0.15) is 11.5 Å². The number of nitrogens with one attached hydrogen (secondary N) is 2. The van der Waals surface area contributed by atoms with Crippen molar-refractivity contribution < 1.29 is 18.8 Å². The van der Waals surface area contributed by atoms with E-state index in [1.165, 1.54) is 0 Å². The number of carbonyl (C=O) groups excluding carboxylic acids is 1. The van der Waals surface area contributed by atoms with Crippen LogP contribution in [0.5, 0.6) is 17.2 Å². The Labute approximate surface area is 170 Å². The first-order valence-electron chi connectivity index (χ1n) is 8.91. The second-order valence-electron chi connectivity index (χ2n) is 6.28. The van der Waals surface area contributed by atoms with Crippen LogP contribution in [-0.2, 0) is 11.8 Å². The molecule has 2 aromatic carbocycles. The lowest BCUT2D eigenvalue weighted by Crippen LogP contribution is -2.20. The quantitative estimate of drug-likeness (QED) is 0.482. The second kappa shape index (κ2) is 8.35. The fraction of sp³-hybridized carbons (Fsp3) is 0.100. The first-order valence-corrected chi connectivity index (χ1v) is 8.91. The van der Waals surface area contributed by atoms with Gasteiger partial charge in [0.15, 0.2) is 18.2 Å². The average Bonchev–Trinajstić information content (AvgIpc) is 3.36. The van der Waals surface area contributed by atoms with Crippen LogP contribution >= 0.6 is 0 Å². The molecule has 152 valence electrons. The van der Waals surface area contributed by atoms with Crippen LogP contribution in [0.2, 0.25) is 0 Å². The van der Waals surface area contributed by atoms with Crippen LogP contribution in [0.15, 0.2) is 70.2 Å². The summed E-state index contributed by atoms with van der Waals surface area (Å²) in [7, 11) is 1.81. The molecule has 0 aliphatic carbocycles. The molecule has 2 N–H and O–H groups in total. The number of H-pyrrole nitrogens is 1. The number of carbonyl (C=O) groups is 1. The number of hydrogen-bond acceptors (Lipinski definition) is 7. The van der Waals surface area contributed by atoms with Crippen LogP contribution in [-0.4, -0.2) is 32.4 Å². The van der Waals surface area contributed by atoms with Gasteiger partial charge in [-0.15, -0.1) is 0 Å². The third kappa shape index (κ3) is 4.73. The van der Waals surface area contributed by atoms with Crippen molar-refractivity contribution in [2.75, 3.05) is 11.9 Å². The standard InChI is InChI=1S/C20H17N5O5/c1-25-11-17(10-21-25)29-16-8-4-14(5-9-16)22-18(26)12-28-15-6-2-13(3-7-15)19-23-20(27)30-24-19/h2-11H,12H2,1H3,(H,22,26)(H,23,24,27). The zero-order valence-corrected chi connectivity index (χ0v) is 15.9. The molecule has 30 heavy (non-hydrogen) atoms. The minimum atomic E-state index is -0.626. The van der Waals surface area contributed by atoms with Crippen LogP contribution in [0, 0.1) is 0 Å². The van der Waals surface area contributed by atoms with Gasteiger partial charge in [0, 0.05) is 18.3 Å². The number of aromatic nitrogens is 4. The van der Waals surface area contributed by atoms with Gasteiger partial charge in [-0.25, -0.2) is 4.79 Å². The summed E-state index contributed by atoms with van der Waals surface area (Å²) in [6, 6.07) is 13.7. The maximum absolute atomic E-state index is 12.1. The molecule has 0 unspecified atom stereocenters. The minimum absolute atomic E-state index is 0.159. The molecule has 0 radical (unpaired) electrons. The predicted molar refractivity (Wildman–Crippen MR) is 106 cm³/mol. The number of nitrogens with zero attached hydrogens (tertiary/aromatic N) is 3. The van der Waals surface area contributed by atoms with Gasteiger partial charge in [-0.3, -0.25) is 19.0 Å². The molecule has 0 saturated heterocycles. The Bertz CT molecular complexity index is 1190. The van der Waals surface area contributed by atoms with Gasteiger partial charge in [0.05, 0.1) is 12.4 Å². The van der Waals surface area contributed by atoms with Gasteiger partial charge in [-0.2, -0.15) is 5.10 Å². The Hall–Kier alpha value is -4.34. The highest BCUT2D eigenvalue weighted by Crippen LogP contribution is 2.22. The molecular weight excluding hydrogens is 390 g/mol. The molecule has 0 aliphatic rings. The average molecular weight is 407 g/mol. The van der Waals surface area contributed by atoms with Gasteiger partial charge < -0.3 is 14.8 Å². The Morgan fingerprint density at radius 1 is 1.10 bits per heavy atom. The SMILES string of the molecule is Cn1cc(Oc2ccc(NC(=O)COc3ccc(-c4noc(=O)[nH]4)cc3)cc2)cn1. The number of amides is 1. The summed E-state index contributed by atoms with van der Waals surface area (Å²) in [5.41, 5.74) is 1.28. The number of aryl methyl sites for hydroxylation is 1. The fourth-order valence-corrected chi connectivity index (χ4v) is 2.60. The number of aromatic amines is 1. The summed E-state index contributed by atoms with van der Waals surface area (Å²) in [4.78, 5) is 25.6. The van der Waals surface area contributed by atoms with Crippen LogP contribution in [0.25, 0.3) is 11.4 Å². The van der Waals surface area contributed by atoms with Crippen molar-refractivity contribution in [3.63, 3.8) is 0 Å². The number of rotatable bonds is 7. The lowest BCUT2D eigenvalue weighted by atomic mass is 10.2. The zero-order chi connectivity index (χ0) is 20.9. The van der Waals surface area contributed by atoms with Crippen molar-refractivity contribution in [1.82, 2.24) is 19.9 Å². The smallest absolute Gasteiger partial charge is 0.439 e. The van der Waals surface area contributed by atoms with E-state index in [1.54, 1.807) is 72.7 Å². The van der Waals surface area contributed by atoms with E-state index in [1.807, 2.05) is 0 Å². The highest BCUT2D eigenvalue weighted by Gasteiger charge is 2.07. The minimum Gasteiger partial charge on any atom is -0.484 e. The molecule has 2 aromatic heterocycles. The number of anilines is 1. The predicted octanol–water partition coefficient (Wildman–Crippen LogP) is 2.57. The lowest BCUT2D eigenvalue weighted by molar-refractivity contribution is -0.118. The van der Waals surface area contributed by atoms with E-state index in [0.717, 1.165) is 0 Å². The van der Waals surface area contributed by atoms with Crippen LogP contribution < -0.4 is 20.5 Å². The number of ether oxygens (including phenoxy) is 2. The largest absolute Gasteiger partial charge is 0.484 e. The van der Waals surface area contributed by atoms with Crippen molar-refractivity contribution in [3.8, 4) is 28.6 Å². The van der Waals surface area contributed by atoms with Crippen molar-refractivity contribution in [1.29, 1.82) is 0 Å². The van der Waals surface area contributed by atoms with Gasteiger partial charge in [0.25, 0.3) is 5.91 Å². The Balaban J connectivity index is 1.27. The molecule has 0 bridgehead atoms. The van der Waals surface area contributed by atoms with Crippen molar-refractivity contribution in [2.24, 2.45) is 7.05 Å². The highest BCUT2D eigenvalue weighted by atomic mass is 16.5. The summed E-state index contributed by atoms with van der Waals surface area (Å²) >= 11 is 0. The normalized spacial score (nSPS) is 10.6. The number of hydrogen-bond donors (Lipinski definition) is 2. The molecule has 10 heteroatoms. The first kappa shape index (κ1) is 19.0. The molecule has 0 atom stereocenters. The second-order valence-corrected chi connectivity index (χ2v) is 6.28. The summed E-state index contributed by atoms with van der Waals surface area (Å²) < 4.78 is 17.2. The van der Waals surface area contributed by atoms with Crippen molar-refractivity contribution in [2.45, 2.75) is 0 Å². The van der Waals surface area contributed by atoms with Crippen molar-refractivity contribution in [3.05, 3.63) is 71.5 Å². The topological polar surface area (TPSA) is 124 Å². The molecular formula is C20H17N5O5. The third-order valence-electron chi connectivity index (χ3n) is 3.99. The van der Waals surface area contributed by atoms with E-state index in [-0.39, 0.29) is 12.5 Å². The van der Waals surface area contributed by atoms with E-state index < -0.39 is 5.76 Å². The summed E-state index contributed by atoms with van der Waals surface area (Å²) in [6.45, 7) is -0.159. The molecule has 4 rings (SSSR count). The van der Waals surface area contributed by atoms with E-state index in [4.69, 9.17) is 9.47 Å². The molecule has 4 aromatic rings. The Kier molecular flexibility index (Phi) is 5.29. The Morgan fingerprint density at radius 2 is 1.83 bits per heavy atom. The summed E-state index contributed by atoms with van der Waals surface area (Å²) in [5.74, 6) is 1.15. The molecule has 0 spiro atoms. The van der Waals surface area contributed by atoms with Crippen LogP contribution in [0.3, 0.4) is 0 Å². The Morgan fingerprint density at radius 3 is 2.47 bits per heavy atom. The molecule has 2 heterocycles. The van der Waals surface area contributed by atoms with E-state index in [0.29, 0.717) is 34.3 Å². The maximum atomic E-state index is 12.1. The van der Waals surface area contributed by atoms with Gasteiger partial charge in [-0.1, -0.05) is 5.16 Å². The maximum Gasteiger partial charge on any atom is 0.439 e. The lowest BCUT2D eigenvalue weighted by Gasteiger charge is -2.09. The van der Waals surface area contributed by atoms with Gasteiger partial charge >= 0.3 is 5.76 Å². The van der Waals surface area contributed by atoms with Gasteiger partial charge in [0.2, 0.25) is 0 Å². The molecule has 0 fully saturated rings. The fourth-order valence-electron chi connectivity index (χ4n) is 2.60. The number of benzene rings is 2. The van der Waals surface area contributed by atoms with E-state index in [9.17, 15) is 9.59 Å².